The first-order chi connectivity index (χ1) is 7.75. The third-order valence-corrected chi connectivity index (χ3v) is 3.42. The lowest BCUT2D eigenvalue weighted by atomic mass is 9.97. The van der Waals surface area contributed by atoms with E-state index in [1.807, 2.05) is 0 Å². The lowest BCUT2D eigenvalue weighted by Crippen LogP contribution is -2.26. The molecule has 2 unspecified atom stereocenters. The van der Waals surface area contributed by atoms with Gasteiger partial charge in [0, 0.05) is 6.04 Å². The van der Waals surface area contributed by atoms with Crippen molar-refractivity contribution in [3.8, 4) is 0 Å². The highest BCUT2D eigenvalue weighted by Crippen LogP contribution is 2.25. The topological polar surface area (TPSA) is 24.9 Å². The Hall–Kier alpha value is -1.12. The van der Waals surface area contributed by atoms with Crippen LogP contribution in [0.4, 0.5) is 10.2 Å². The maximum absolute atomic E-state index is 12.7. The molecule has 88 valence electrons. The number of hydrogen-bond donors (Lipinski definition) is 1. The molecular formula is C13H19FN2. The smallest absolute Gasteiger partial charge is 0.141 e. The lowest BCUT2D eigenvalue weighted by Gasteiger charge is -2.23. The highest BCUT2D eigenvalue weighted by atomic mass is 19.1. The normalized spacial score (nSPS) is 26.1. The van der Waals surface area contributed by atoms with Crippen LogP contribution in [0, 0.1) is 11.7 Å². The van der Waals surface area contributed by atoms with Crippen LogP contribution in [0.1, 0.15) is 39.0 Å². The summed E-state index contributed by atoms with van der Waals surface area (Å²) in [5.74, 6) is 1.19. The van der Waals surface area contributed by atoms with Crippen molar-refractivity contribution in [1.82, 2.24) is 4.98 Å². The molecule has 1 aliphatic carbocycles. The van der Waals surface area contributed by atoms with Crippen molar-refractivity contribution in [2.75, 3.05) is 5.32 Å². The van der Waals surface area contributed by atoms with E-state index in [2.05, 4.69) is 17.2 Å². The van der Waals surface area contributed by atoms with Crippen LogP contribution in [0.3, 0.4) is 0 Å². The molecule has 0 saturated heterocycles. The van der Waals surface area contributed by atoms with Crippen molar-refractivity contribution in [3.05, 3.63) is 24.1 Å². The fraction of sp³-hybridized carbons (Fsp3) is 0.615. The van der Waals surface area contributed by atoms with E-state index in [0.717, 1.165) is 5.82 Å². The Bertz CT molecular complexity index is 323. The zero-order valence-corrected chi connectivity index (χ0v) is 9.75. The fourth-order valence-corrected chi connectivity index (χ4v) is 2.36. The SMILES string of the molecule is CC1CCCCCC1Nc1ccc(F)cn1. The molecule has 1 heterocycles. The van der Waals surface area contributed by atoms with Gasteiger partial charge in [-0.2, -0.15) is 0 Å². The molecule has 1 saturated carbocycles. The maximum atomic E-state index is 12.7. The molecule has 16 heavy (non-hydrogen) atoms. The summed E-state index contributed by atoms with van der Waals surface area (Å²) >= 11 is 0. The summed E-state index contributed by atoms with van der Waals surface area (Å²) in [7, 11) is 0. The van der Waals surface area contributed by atoms with Crippen molar-refractivity contribution in [2.45, 2.75) is 45.1 Å². The molecule has 2 atom stereocenters. The van der Waals surface area contributed by atoms with Crippen LogP contribution in [0.5, 0.6) is 0 Å². The van der Waals surface area contributed by atoms with E-state index in [9.17, 15) is 4.39 Å². The second-order valence-electron chi connectivity index (χ2n) is 4.73. The van der Waals surface area contributed by atoms with Crippen LogP contribution < -0.4 is 5.32 Å². The van der Waals surface area contributed by atoms with Gasteiger partial charge in [-0.1, -0.05) is 26.2 Å². The van der Waals surface area contributed by atoms with E-state index >= 15 is 0 Å². The molecule has 3 heteroatoms. The highest BCUT2D eigenvalue weighted by molar-refractivity contribution is 5.35. The predicted octanol–water partition coefficient (Wildman–Crippen LogP) is 3.60. The molecule has 0 radical (unpaired) electrons. The van der Waals surface area contributed by atoms with Gasteiger partial charge in [-0.3, -0.25) is 0 Å². The number of halogens is 1. The minimum atomic E-state index is -0.278. The predicted molar refractivity (Wildman–Crippen MR) is 63.9 cm³/mol. The number of pyridine rings is 1. The van der Waals surface area contributed by atoms with Crippen LogP contribution in [-0.2, 0) is 0 Å². The van der Waals surface area contributed by atoms with Crippen molar-refractivity contribution in [1.29, 1.82) is 0 Å². The number of rotatable bonds is 2. The maximum Gasteiger partial charge on any atom is 0.141 e. The molecule has 2 rings (SSSR count). The van der Waals surface area contributed by atoms with Gasteiger partial charge in [0.15, 0.2) is 0 Å². The average Bonchev–Trinajstić information content (AvgIpc) is 2.48. The summed E-state index contributed by atoms with van der Waals surface area (Å²) in [5.41, 5.74) is 0. The van der Waals surface area contributed by atoms with Gasteiger partial charge in [-0.05, 0) is 30.9 Å². The van der Waals surface area contributed by atoms with Crippen LogP contribution in [0.15, 0.2) is 18.3 Å². The van der Waals surface area contributed by atoms with Gasteiger partial charge in [0.25, 0.3) is 0 Å². The van der Waals surface area contributed by atoms with Crippen LogP contribution in [0.2, 0.25) is 0 Å². The second kappa shape index (κ2) is 5.28. The quantitative estimate of drug-likeness (QED) is 0.773. The molecular weight excluding hydrogens is 203 g/mol. The Morgan fingerprint density at radius 3 is 2.81 bits per heavy atom. The largest absolute Gasteiger partial charge is 0.367 e. The summed E-state index contributed by atoms with van der Waals surface area (Å²) in [6, 6.07) is 3.66. The number of aromatic nitrogens is 1. The summed E-state index contributed by atoms with van der Waals surface area (Å²) in [6.07, 6.45) is 7.68. The molecule has 0 aromatic carbocycles. The third-order valence-electron chi connectivity index (χ3n) is 3.42. The summed E-state index contributed by atoms with van der Waals surface area (Å²) < 4.78 is 12.7. The Kier molecular flexibility index (Phi) is 3.75. The molecule has 0 amide bonds. The summed E-state index contributed by atoms with van der Waals surface area (Å²) in [5, 5.41) is 3.42. The number of hydrogen-bond acceptors (Lipinski definition) is 2. The van der Waals surface area contributed by atoms with Crippen molar-refractivity contribution in [2.24, 2.45) is 5.92 Å². The van der Waals surface area contributed by atoms with E-state index in [-0.39, 0.29) is 5.82 Å². The van der Waals surface area contributed by atoms with E-state index in [4.69, 9.17) is 0 Å². The average molecular weight is 222 g/mol. The summed E-state index contributed by atoms with van der Waals surface area (Å²) in [4.78, 5) is 4.05. The number of nitrogens with zero attached hydrogens (tertiary/aromatic N) is 1. The summed E-state index contributed by atoms with van der Waals surface area (Å²) in [6.45, 7) is 2.28. The fourth-order valence-electron chi connectivity index (χ4n) is 2.36. The van der Waals surface area contributed by atoms with Gasteiger partial charge >= 0.3 is 0 Å². The van der Waals surface area contributed by atoms with Crippen molar-refractivity contribution in [3.63, 3.8) is 0 Å². The third kappa shape index (κ3) is 2.94. The first kappa shape index (κ1) is 11.4. The van der Waals surface area contributed by atoms with Gasteiger partial charge in [-0.25, -0.2) is 9.37 Å². The second-order valence-corrected chi connectivity index (χ2v) is 4.73. The van der Waals surface area contributed by atoms with Crippen molar-refractivity contribution < 1.29 is 4.39 Å². The Labute approximate surface area is 96.3 Å². The van der Waals surface area contributed by atoms with Gasteiger partial charge < -0.3 is 5.32 Å². The molecule has 1 aliphatic rings. The van der Waals surface area contributed by atoms with Crippen LogP contribution in [0.25, 0.3) is 0 Å². The minimum Gasteiger partial charge on any atom is -0.367 e. The monoisotopic (exact) mass is 222 g/mol. The lowest BCUT2D eigenvalue weighted by molar-refractivity contribution is 0.455. The van der Waals surface area contributed by atoms with E-state index in [1.54, 1.807) is 6.07 Å². The van der Waals surface area contributed by atoms with Gasteiger partial charge in [0.2, 0.25) is 0 Å². The molecule has 1 aromatic heterocycles. The van der Waals surface area contributed by atoms with Crippen LogP contribution >= 0.6 is 0 Å². The van der Waals surface area contributed by atoms with E-state index in [0.29, 0.717) is 12.0 Å². The van der Waals surface area contributed by atoms with Crippen LogP contribution in [-0.4, -0.2) is 11.0 Å². The number of nitrogens with one attached hydrogen (secondary N) is 1. The molecule has 1 fully saturated rings. The van der Waals surface area contributed by atoms with Crippen molar-refractivity contribution >= 4 is 5.82 Å². The van der Waals surface area contributed by atoms with Gasteiger partial charge in [-0.15, -0.1) is 0 Å². The molecule has 1 aromatic rings. The highest BCUT2D eigenvalue weighted by Gasteiger charge is 2.19. The Morgan fingerprint density at radius 1 is 1.25 bits per heavy atom. The van der Waals surface area contributed by atoms with E-state index in [1.165, 1.54) is 44.4 Å². The zero-order valence-electron chi connectivity index (χ0n) is 9.75. The van der Waals surface area contributed by atoms with Gasteiger partial charge in [0.1, 0.15) is 11.6 Å². The molecule has 1 N–H and O–H groups in total. The first-order valence-corrected chi connectivity index (χ1v) is 6.14. The molecule has 0 aliphatic heterocycles. The van der Waals surface area contributed by atoms with E-state index < -0.39 is 0 Å². The minimum absolute atomic E-state index is 0.278. The Balaban J connectivity index is 1.99. The molecule has 2 nitrogen and oxygen atoms in total. The zero-order chi connectivity index (χ0) is 11.4. The standard InChI is InChI=1S/C13H19FN2/c1-10-5-3-2-4-6-12(10)16-13-8-7-11(14)9-15-13/h7-10,12H,2-6H2,1H3,(H,15,16). The van der Waals surface area contributed by atoms with Gasteiger partial charge in [0.05, 0.1) is 6.20 Å². The molecule has 0 bridgehead atoms. The Morgan fingerprint density at radius 2 is 2.06 bits per heavy atom. The number of anilines is 1. The molecule has 0 spiro atoms. The first-order valence-electron chi connectivity index (χ1n) is 6.14.